The summed E-state index contributed by atoms with van der Waals surface area (Å²) in [4.78, 5) is 17.9. The molecule has 8 heteroatoms. The van der Waals surface area contributed by atoms with Crippen LogP contribution in [0.2, 0.25) is 5.02 Å². The highest BCUT2D eigenvalue weighted by atomic mass is 35.5. The lowest BCUT2D eigenvalue weighted by Crippen LogP contribution is -2.28. The minimum atomic E-state index is -0.783. The molecule has 0 bridgehead atoms. The second-order valence-corrected chi connectivity index (χ2v) is 6.98. The van der Waals surface area contributed by atoms with Crippen molar-refractivity contribution in [3.63, 3.8) is 0 Å². The van der Waals surface area contributed by atoms with E-state index >= 15 is 0 Å². The van der Waals surface area contributed by atoms with Gasteiger partial charge in [0.1, 0.15) is 0 Å². The Morgan fingerprint density at radius 3 is 2.96 bits per heavy atom. The first-order valence-corrected chi connectivity index (χ1v) is 8.65. The third-order valence-electron chi connectivity index (χ3n) is 5.02. The summed E-state index contributed by atoms with van der Waals surface area (Å²) in [6.07, 6.45) is 0.903. The fourth-order valence-corrected chi connectivity index (χ4v) is 3.89. The van der Waals surface area contributed by atoms with E-state index in [4.69, 9.17) is 20.9 Å². The molecule has 0 spiro atoms. The molecule has 1 aromatic carbocycles. The van der Waals surface area contributed by atoms with Crippen LogP contribution in [0.4, 0.5) is 6.01 Å². The van der Waals surface area contributed by atoms with E-state index in [0.717, 1.165) is 12.0 Å². The number of hydrogen-bond acceptors (Lipinski definition) is 6. The molecule has 2 fully saturated rings. The molecule has 132 valence electrons. The van der Waals surface area contributed by atoms with Gasteiger partial charge in [-0.05, 0) is 30.4 Å². The Morgan fingerprint density at radius 2 is 2.24 bits per heavy atom. The van der Waals surface area contributed by atoms with Gasteiger partial charge in [-0.1, -0.05) is 28.9 Å². The van der Waals surface area contributed by atoms with E-state index in [9.17, 15) is 9.90 Å². The van der Waals surface area contributed by atoms with E-state index in [1.165, 1.54) is 0 Å². The first kappa shape index (κ1) is 16.4. The number of hydrogen-bond donors (Lipinski definition) is 1. The van der Waals surface area contributed by atoms with Gasteiger partial charge in [0.05, 0.1) is 5.92 Å². The van der Waals surface area contributed by atoms with E-state index in [1.807, 2.05) is 17.0 Å². The van der Waals surface area contributed by atoms with Gasteiger partial charge in [-0.25, -0.2) is 0 Å². The Balaban J connectivity index is 1.55. The Labute approximate surface area is 149 Å². The van der Waals surface area contributed by atoms with E-state index in [1.54, 1.807) is 12.1 Å². The van der Waals surface area contributed by atoms with Crippen LogP contribution in [0.5, 0.6) is 0 Å². The van der Waals surface area contributed by atoms with Crippen molar-refractivity contribution in [3.05, 3.63) is 29.3 Å². The summed E-state index contributed by atoms with van der Waals surface area (Å²) in [5.41, 5.74) is 0.761. The van der Waals surface area contributed by atoms with Crippen LogP contribution in [0.15, 0.2) is 28.8 Å². The molecule has 0 aliphatic carbocycles. The quantitative estimate of drug-likeness (QED) is 0.892. The van der Waals surface area contributed by atoms with Gasteiger partial charge < -0.3 is 19.3 Å². The predicted octanol–water partition coefficient (Wildman–Crippen LogP) is 2.56. The molecule has 2 saturated heterocycles. The maximum Gasteiger partial charge on any atom is 0.324 e. The molecule has 0 amide bonds. The van der Waals surface area contributed by atoms with E-state index in [-0.39, 0.29) is 11.8 Å². The van der Waals surface area contributed by atoms with Crippen LogP contribution in [-0.4, -0.2) is 47.5 Å². The standard InChI is InChI=1S/C17H18ClN3O4/c18-12-3-1-2-10(6-12)15-19-17(25-20-15)21-7-13(11-4-5-24-9-11)14(8-21)16(22)23/h1-3,6,11,13-14H,4-5,7-9H2,(H,22,23)/t11?,13-,14+/m0/s1. The van der Waals surface area contributed by atoms with Crippen LogP contribution in [0.3, 0.4) is 0 Å². The number of ether oxygens (including phenoxy) is 1. The highest BCUT2D eigenvalue weighted by molar-refractivity contribution is 6.30. The molecule has 7 nitrogen and oxygen atoms in total. The molecular weight excluding hydrogens is 346 g/mol. The number of carboxylic acid groups (broad SMARTS) is 1. The van der Waals surface area contributed by atoms with E-state index in [0.29, 0.717) is 43.2 Å². The van der Waals surface area contributed by atoms with Crippen LogP contribution < -0.4 is 4.90 Å². The van der Waals surface area contributed by atoms with Crippen molar-refractivity contribution in [3.8, 4) is 11.4 Å². The second kappa shape index (κ2) is 6.65. The molecule has 3 heterocycles. The van der Waals surface area contributed by atoms with Crippen molar-refractivity contribution < 1.29 is 19.2 Å². The molecular formula is C17H18ClN3O4. The van der Waals surface area contributed by atoms with E-state index < -0.39 is 11.9 Å². The van der Waals surface area contributed by atoms with E-state index in [2.05, 4.69) is 10.1 Å². The number of carboxylic acids is 1. The maximum atomic E-state index is 11.7. The fourth-order valence-electron chi connectivity index (χ4n) is 3.70. The highest BCUT2D eigenvalue weighted by Gasteiger charge is 2.44. The van der Waals surface area contributed by atoms with Crippen molar-refractivity contribution in [1.29, 1.82) is 0 Å². The van der Waals surface area contributed by atoms with Crippen molar-refractivity contribution in [2.45, 2.75) is 6.42 Å². The van der Waals surface area contributed by atoms with Crippen LogP contribution >= 0.6 is 11.6 Å². The Kier molecular flexibility index (Phi) is 4.35. The van der Waals surface area contributed by atoms with Crippen LogP contribution in [-0.2, 0) is 9.53 Å². The minimum Gasteiger partial charge on any atom is -0.481 e. The second-order valence-electron chi connectivity index (χ2n) is 6.55. The lowest BCUT2D eigenvalue weighted by Gasteiger charge is -2.19. The molecule has 2 aliphatic heterocycles. The van der Waals surface area contributed by atoms with Gasteiger partial charge in [0, 0.05) is 36.9 Å². The van der Waals surface area contributed by atoms with Crippen LogP contribution in [0.1, 0.15) is 6.42 Å². The summed E-state index contributed by atoms with van der Waals surface area (Å²) < 4.78 is 10.8. The number of carbonyl (C=O) groups is 1. The van der Waals surface area contributed by atoms with Gasteiger partial charge in [-0.2, -0.15) is 4.98 Å². The summed E-state index contributed by atoms with van der Waals surface area (Å²) >= 11 is 6.00. The summed E-state index contributed by atoms with van der Waals surface area (Å²) in [7, 11) is 0. The number of rotatable bonds is 4. The van der Waals surface area contributed by atoms with Gasteiger partial charge in [-0.15, -0.1) is 0 Å². The number of anilines is 1. The molecule has 1 aromatic heterocycles. The SMILES string of the molecule is O=C(O)[C@@H]1CN(c2nc(-c3cccc(Cl)c3)no2)C[C@H]1C1CCOC1. The first-order chi connectivity index (χ1) is 12.1. The first-order valence-electron chi connectivity index (χ1n) is 8.27. The molecule has 3 atom stereocenters. The van der Waals surface area contributed by atoms with Gasteiger partial charge >= 0.3 is 12.0 Å². The minimum absolute atomic E-state index is 0.0292. The topological polar surface area (TPSA) is 88.7 Å². The molecule has 4 rings (SSSR count). The molecule has 0 saturated carbocycles. The molecule has 0 radical (unpaired) electrons. The predicted molar refractivity (Wildman–Crippen MR) is 90.5 cm³/mol. The molecule has 1 unspecified atom stereocenters. The number of aromatic nitrogens is 2. The Bertz CT molecular complexity index is 775. The number of aliphatic carboxylic acids is 1. The Morgan fingerprint density at radius 1 is 1.36 bits per heavy atom. The summed E-state index contributed by atoms with van der Waals surface area (Å²) in [6, 6.07) is 7.56. The monoisotopic (exact) mass is 363 g/mol. The van der Waals surface area contributed by atoms with Crippen molar-refractivity contribution in [2.75, 3.05) is 31.2 Å². The van der Waals surface area contributed by atoms with Gasteiger partial charge in [0.2, 0.25) is 5.82 Å². The van der Waals surface area contributed by atoms with Crippen LogP contribution in [0.25, 0.3) is 11.4 Å². The third kappa shape index (κ3) is 3.21. The number of halogens is 1. The normalized spacial score (nSPS) is 26.3. The van der Waals surface area contributed by atoms with Crippen molar-refractivity contribution in [2.24, 2.45) is 17.8 Å². The zero-order chi connectivity index (χ0) is 17.4. The lowest BCUT2D eigenvalue weighted by molar-refractivity contribution is -0.142. The average molecular weight is 364 g/mol. The zero-order valence-corrected chi connectivity index (χ0v) is 14.2. The van der Waals surface area contributed by atoms with Gasteiger partial charge in [-0.3, -0.25) is 4.79 Å². The fraction of sp³-hybridized carbons (Fsp3) is 0.471. The summed E-state index contributed by atoms with van der Waals surface area (Å²) in [5.74, 6) is -0.498. The number of nitrogens with zero attached hydrogens (tertiary/aromatic N) is 3. The molecule has 2 aliphatic rings. The molecule has 2 aromatic rings. The smallest absolute Gasteiger partial charge is 0.324 e. The zero-order valence-electron chi connectivity index (χ0n) is 13.5. The molecule has 1 N–H and O–H groups in total. The van der Waals surface area contributed by atoms with Gasteiger partial charge in [0.15, 0.2) is 0 Å². The van der Waals surface area contributed by atoms with Crippen molar-refractivity contribution >= 4 is 23.6 Å². The number of benzene rings is 1. The molecule has 25 heavy (non-hydrogen) atoms. The highest BCUT2D eigenvalue weighted by Crippen LogP contribution is 2.36. The average Bonchev–Trinajstić information content (AvgIpc) is 3.33. The maximum absolute atomic E-state index is 11.7. The van der Waals surface area contributed by atoms with Crippen LogP contribution in [0, 0.1) is 17.8 Å². The lowest BCUT2D eigenvalue weighted by atomic mass is 9.83. The third-order valence-corrected chi connectivity index (χ3v) is 5.26. The summed E-state index contributed by atoms with van der Waals surface area (Å²) in [6.45, 7) is 2.28. The van der Waals surface area contributed by atoms with Crippen molar-refractivity contribution in [1.82, 2.24) is 10.1 Å². The summed E-state index contributed by atoms with van der Waals surface area (Å²) in [5, 5.41) is 14.2. The largest absolute Gasteiger partial charge is 0.481 e. The van der Waals surface area contributed by atoms with Gasteiger partial charge in [0.25, 0.3) is 0 Å². The Hall–Kier alpha value is -2.12.